The standard InChI is InChI=1S/C24H32N6O14P2/c1-11-27-21(26-2)13-5-7-30(22(13)28-11)24-19(34)17(32)15(43-24)10-41-46(38,39)44-45(36,37)40-9-14-16(31)18(33)23(42-14)29-6-3-4-12(8-29)20(25)35/h3-8,14-19,23-24,31-34H,9-10H2,1-2H3,(H4-,25,26,27,28,35,36,37,38,39)/p+1. The minimum absolute atomic E-state index is 0.0750. The predicted molar refractivity (Wildman–Crippen MR) is 151 cm³/mol. The van der Waals surface area contributed by atoms with Gasteiger partial charge in [0.15, 0.2) is 24.7 Å². The van der Waals surface area contributed by atoms with Crippen LogP contribution in [-0.4, -0.2) is 108 Å². The first-order chi connectivity index (χ1) is 21.6. The van der Waals surface area contributed by atoms with Crippen molar-refractivity contribution in [2.75, 3.05) is 25.6 Å². The molecule has 46 heavy (non-hydrogen) atoms. The van der Waals surface area contributed by atoms with E-state index in [1.54, 1.807) is 26.2 Å². The van der Waals surface area contributed by atoms with E-state index >= 15 is 0 Å². The molecule has 2 aliphatic heterocycles. The molecule has 0 radical (unpaired) electrons. The number of anilines is 1. The fourth-order valence-corrected chi connectivity index (χ4v) is 7.15. The lowest BCUT2D eigenvalue weighted by molar-refractivity contribution is -0.765. The fourth-order valence-electron chi connectivity index (χ4n) is 5.06. The molecule has 0 aliphatic carbocycles. The maximum absolute atomic E-state index is 12.5. The summed E-state index contributed by atoms with van der Waals surface area (Å²) >= 11 is 0. The normalized spacial score (nSPS) is 30.7. The van der Waals surface area contributed by atoms with E-state index in [4.69, 9.17) is 24.3 Å². The van der Waals surface area contributed by atoms with Crippen molar-refractivity contribution in [1.82, 2.24) is 14.5 Å². The molecule has 10 unspecified atom stereocenters. The second-order valence-electron chi connectivity index (χ2n) is 10.4. The number of primary amides is 1. The molecule has 22 heteroatoms. The number of nitrogens with two attached hydrogens (primary N) is 1. The van der Waals surface area contributed by atoms with Crippen LogP contribution in [0.1, 0.15) is 28.6 Å². The Hall–Kier alpha value is -2.94. The van der Waals surface area contributed by atoms with Crippen LogP contribution in [-0.2, 0) is 32.0 Å². The quantitative estimate of drug-likeness (QED) is 0.0780. The van der Waals surface area contributed by atoms with Crippen molar-refractivity contribution < 1.29 is 71.5 Å². The molecule has 0 saturated carbocycles. The number of aliphatic hydroxyl groups is 4. The van der Waals surface area contributed by atoms with Gasteiger partial charge in [-0.2, -0.15) is 8.88 Å². The van der Waals surface area contributed by atoms with E-state index < -0.39 is 83.8 Å². The molecule has 20 nitrogen and oxygen atoms in total. The summed E-state index contributed by atoms with van der Waals surface area (Å²) in [5.41, 5.74) is 5.70. The Kier molecular flexibility index (Phi) is 9.93. The number of carbonyl (C=O) groups excluding carboxylic acids is 1. The van der Waals surface area contributed by atoms with Crippen LogP contribution in [0, 0.1) is 6.92 Å². The Balaban J connectivity index is 1.17. The number of rotatable bonds is 12. The van der Waals surface area contributed by atoms with Gasteiger partial charge in [-0.25, -0.2) is 19.1 Å². The Labute approximate surface area is 260 Å². The highest BCUT2D eigenvalue weighted by atomic mass is 31.3. The second kappa shape index (κ2) is 13.3. The highest BCUT2D eigenvalue weighted by molar-refractivity contribution is 7.61. The largest absolute Gasteiger partial charge is 0.481 e. The Morgan fingerprint density at radius 3 is 2.28 bits per heavy atom. The Morgan fingerprint density at radius 1 is 1.02 bits per heavy atom. The van der Waals surface area contributed by atoms with Gasteiger partial charge < -0.3 is 55.3 Å². The van der Waals surface area contributed by atoms with Crippen LogP contribution >= 0.6 is 15.6 Å². The van der Waals surface area contributed by atoms with Crippen LogP contribution in [0.5, 0.6) is 0 Å². The van der Waals surface area contributed by atoms with Gasteiger partial charge >= 0.3 is 15.6 Å². The molecule has 3 aromatic heterocycles. The van der Waals surface area contributed by atoms with Crippen molar-refractivity contribution in [3.8, 4) is 0 Å². The summed E-state index contributed by atoms with van der Waals surface area (Å²) < 4.78 is 52.7. The van der Waals surface area contributed by atoms with Crippen LogP contribution in [0.15, 0.2) is 36.8 Å². The van der Waals surface area contributed by atoms with E-state index in [2.05, 4.69) is 19.6 Å². The van der Waals surface area contributed by atoms with E-state index in [-0.39, 0.29) is 5.56 Å². The zero-order valence-corrected chi connectivity index (χ0v) is 26.0. The van der Waals surface area contributed by atoms with Gasteiger partial charge in [0.25, 0.3) is 12.1 Å². The molecule has 3 aromatic rings. The molecular weight excluding hydrogens is 658 g/mol. The molecule has 0 bridgehead atoms. The number of fused-ring (bicyclic) bond motifs is 1. The summed E-state index contributed by atoms with van der Waals surface area (Å²) in [6.45, 7) is -0.0935. The molecule has 9 N–H and O–H groups in total. The van der Waals surface area contributed by atoms with Crippen molar-refractivity contribution in [1.29, 1.82) is 0 Å². The van der Waals surface area contributed by atoms with E-state index in [0.717, 1.165) is 0 Å². The minimum atomic E-state index is -5.36. The van der Waals surface area contributed by atoms with Gasteiger partial charge in [-0.3, -0.25) is 13.8 Å². The number of nitrogens with one attached hydrogen (secondary N) is 1. The first-order valence-corrected chi connectivity index (χ1v) is 16.6. The van der Waals surface area contributed by atoms with Crippen LogP contribution < -0.4 is 15.6 Å². The predicted octanol–water partition coefficient (Wildman–Crippen LogP) is -1.64. The van der Waals surface area contributed by atoms with Crippen LogP contribution in [0.3, 0.4) is 0 Å². The van der Waals surface area contributed by atoms with E-state index in [0.29, 0.717) is 22.7 Å². The van der Waals surface area contributed by atoms with Crippen molar-refractivity contribution in [2.24, 2.45) is 5.73 Å². The lowest BCUT2D eigenvalue weighted by Crippen LogP contribution is -2.46. The van der Waals surface area contributed by atoms with Gasteiger partial charge in [0.05, 0.1) is 18.6 Å². The monoisotopic (exact) mass is 691 g/mol. The first kappa shape index (κ1) is 34.4. The third-order valence-electron chi connectivity index (χ3n) is 7.28. The topological polar surface area (TPSA) is 291 Å². The average Bonchev–Trinajstić information content (AvgIpc) is 3.63. The molecule has 0 aromatic carbocycles. The molecule has 1 amide bonds. The molecule has 2 saturated heterocycles. The fraction of sp³-hybridized carbons (Fsp3) is 0.500. The van der Waals surface area contributed by atoms with Gasteiger partial charge in [0.2, 0.25) is 0 Å². The first-order valence-electron chi connectivity index (χ1n) is 13.6. The Morgan fingerprint density at radius 2 is 1.65 bits per heavy atom. The number of nitrogens with zero attached hydrogens (tertiary/aromatic N) is 4. The summed E-state index contributed by atoms with van der Waals surface area (Å²) in [5, 5.41) is 45.5. The number of hydrogen-bond donors (Lipinski definition) is 8. The van der Waals surface area contributed by atoms with E-state index in [1.165, 1.54) is 33.7 Å². The summed E-state index contributed by atoms with van der Waals surface area (Å²) in [5.74, 6) is 0.170. The SMILES string of the molecule is CNc1nc(C)nc2c1ccn2C1OC(COP(=O)(O)OP(=O)(O)OCC2OC([n+]3cccc(C(N)=O)c3)C(O)C2O)C(O)C1O. The minimum Gasteiger partial charge on any atom is -0.387 e. The Bertz CT molecular complexity index is 1690. The number of hydrogen-bond acceptors (Lipinski definition) is 15. The molecule has 10 atom stereocenters. The number of carbonyl (C=O) groups is 1. The number of aryl methyl sites for hydroxylation is 1. The highest BCUT2D eigenvalue weighted by Crippen LogP contribution is 2.60. The van der Waals surface area contributed by atoms with Crippen LogP contribution in [0.4, 0.5) is 5.82 Å². The molecular formula is C24H33N6O14P2+. The summed E-state index contributed by atoms with van der Waals surface area (Å²) in [7, 11) is -9.05. The van der Waals surface area contributed by atoms with Crippen LogP contribution in [0.25, 0.3) is 11.0 Å². The number of phosphoric ester groups is 2. The van der Waals surface area contributed by atoms with E-state index in [9.17, 15) is 44.1 Å². The van der Waals surface area contributed by atoms with Gasteiger partial charge in [-0.05, 0) is 19.1 Å². The molecule has 0 spiro atoms. The van der Waals surface area contributed by atoms with Gasteiger partial charge in [0.1, 0.15) is 53.4 Å². The molecule has 5 rings (SSSR count). The van der Waals surface area contributed by atoms with E-state index in [1.807, 2.05) is 0 Å². The summed E-state index contributed by atoms with van der Waals surface area (Å²) in [4.78, 5) is 40.3. The number of aromatic nitrogens is 4. The smallest absolute Gasteiger partial charge is 0.387 e. The van der Waals surface area contributed by atoms with Gasteiger partial charge in [-0.1, -0.05) is 0 Å². The average molecular weight is 692 g/mol. The maximum atomic E-state index is 12.5. The zero-order chi connectivity index (χ0) is 33.6. The number of phosphoric acid groups is 2. The number of aliphatic hydroxyl groups excluding tert-OH is 4. The van der Waals surface area contributed by atoms with Crippen molar-refractivity contribution in [2.45, 2.75) is 56.0 Å². The number of amides is 1. The lowest BCUT2D eigenvalue weighted by atomic mass is 10.1. The van der Waals surface area contributed by atoms with Crippen molar-refractivity contribution >= 4 is 38.4 Å². The maximum Gasteiger partial charge on any atom is 0.481 e. The van der Waals surface area contributed by atoms with Gasteiger partial charge in [-0.15, -0.1) is 0 Å². The summed E-state index contributed by atoms with van der Waals surface area (Å²) in [6, 6.07) is 4.51. The lowest BCUT2D eigenvalue weighted by Gasteiger charge is -2.20. The highest BCUT2D eigenvalue weighted by Gasteiger charge is 2.50. The van der Waals surface area contributed by atoms with Crippen LogP contribution in [0.2, 0.25) is 0 Å². The molecule has 2 fully saturated rings. The second-order valence-corrected chi connectivity index (χ2v) is 13.5. The summed E-state index contributed by atoms with van der Waals surface area (Å²) in [6.07, 6.45) is -7.41. The third kappa shape index (κ3) is 7.14. The number of pyridine rings is 1. The zero-order valence-electron chi connectivity index (χ0n) is 24.2. The molecule has 5 heterocycles. The molecule has 252 valence electrons. The van der Waals surface area contributed by atoms with Crippen molar-refractivity contribution in [3.05, 3.63) is 48.2 Å². The number of ether oxygens (including phenoxy) is 2. The van der Waals surface area contributed by atoms with Gasteiger partial charge in [0, 0.05) is 19.3 Å². The third-order valence-corrected chi connectivity index (χ3v) is 9.88. The van der Waals surface area contributed by atoms with Crippen molar-refractivity contribution in [3.63, 3.8) is 0 Å². The molecule has 2 aliphatic rings.